The van der Waals surface area contributed by atoms with Gasteiger partial charge in [0.25, 0.3) is 0 Å². The van der Waals surface area contributed by atoms with Gasteiger partial charge in [-0.2, -0.15) is 15.0 Å². The monoisotopic (exact) mass is 293 g/mol. The number of nitrogens with one attached hydrogen (secondary N) is 2. The lowest BCUT2D eigenvalue weighted by molar-refractivity contribution is -0.133. The smallest absolute Gasteiger partial charge is 0.249 e. The van der Waals surface area contributed by atoms with Gasteiger partial charge in [0, 0.05) is 19.5 Å². The van der Waals surface area contributed by atoms with Crippen LogP contribution in [0.25, 0.3) is 0 Å². The third-order valence-electron chi connectivity index (χ3n) is 3.23. The number of anilines is 3. The van der Waals surface area contributed by atoms with Gasteiger partial charge in [0.1, 0.15) is 6.04 Å². The lowest BCUT2D eigenvalue weighted by atomic mass is 10.1. The summed E-state index contributed by atoms with van der Waals surface area (Å²) in [4.78, 5) is 37.1. The minimum Gasteiger partial charge on any atom is -0.368 e. The molecule has 0 aromatic carbocycles. The maximum absolute atomic E-state index is 11.7. The van der Waals surface area contributed by atoms with Crippen LogP contribution in [0, 0.1) is 0 Å². The molecule has 1 fully saturated rings. The molecule has 4 N–H and O–H groups in total. The van der Waals surface area contributed by atoms with Crippen molar-refractivity contribution in [2.24, 2.45) is 0 Å². The minimum absolute atomic E-state index is 0.0849. The van der Waals surface area contributed by atoms with Gasteiger partial charge in [-0.05, 0) is 20.3 Å². The first-order valence-electron chi connectivity index (χ1n) is 6.90. The molecule has 1 unspecified atom stereocenters. The van der Waals surface area contributed by atoms with Crippen molar-refractivity contribution >= 4 is 29.7 Å². The lowest BCUT2D eigenvalue weighted by Gasteiger charge is -2.23. The van der Waals surface area contributed by atoms with E-state index in [1.807, 2.05) is 18.7 Å². The van der Waals surface area contributed by atoms with E-state index >= 15 is 0 Å². The second-order valence-corrected chi connectivity index (χ2v) is 4.64. The van der Waals surface area contributed by atoms with Crippen LogP contribution in [0.3, 0.4) is 0 Å². The topological polar surface area (TPSA) is 126 Å². The number of aromatic nitrogens is 3. The van der Waals surface area contributed by atoms with Crippen LogP contribution in [-0.4, -0.2) is 45.9 Å². The molecule has 2 heterocycles. The van der Waals surface area contributed by atoms with Crippen LogP contribution >= 0.6 is 0 Å². The van der Waals surface area contributed by atoms with Crippen LogP contribution < -0.4 is 21.3 Å². The Balaban J connectivity index is 2.16. The molecule has 2 rings (SSSR count). The van der Waals surface area contributed by atoms with E-state index in [-0.39, 0.29) is 30.1 Å². The molecule has 9 heteroatoms. The molecule has 0 bridgehead atoms. The first-order chi connectivity index (χ1) is 10.0. The second kappa shape index (κ2) is 6.33. The van der Waals surface area contributed by atoms with Crippen molar-refractivity contribution in [3.63, 3.8) is 0 Å². The first-order valence-corrected chi connectivity index (χ1v) is 6.90. The Morgan fingerprint density at radius 3 is 2.62 bits per heavy atom. The number of carbonyl (C=O) groups excluding carboxylic acids is 2. The third-order valence-corrected chi connectivity index (χ3v) is 3.23. The molecule has 1 aliphatic heterocycles. The van der Waals surface area contributed by atoms with Crippen molar-refractivity contribution in [3.8, 4) is 0 Å². The summed E-state index contributed by atoms with van der Waals surface area (Å²) in [6.07, 6.45) is 0.684. The summed E-state index contributed by atoms with van der Waals surface area (Å²) >= 11 is 0. The highest BCUT2D eigenvalue weighted by Gasteiger charge is 2.27. The molecule has 1 saturated heterocycles. The molecule has 2 amide bonds. The van der Waals surface area contributed by atoms with Crippen LogP contribution in [0.1, 0.15) is 26.7 Å². The number of piperidine rings is 1. The summed E-state index contributed by atoms with van der Waals surface area (Å²) in [6.45, 7) is 5.43. The van der Waals surface area contributed by atoms with Crippen molar-refractivity contribution in [3.05, 3.63) is 0 Å². The van der Waals surface area contributed by atoms with Crippen molar-refractivity contribution in [1.82, 2.24) is 20.3 Å². The molecule has 0 spiro atoms. The van der Waals surface area contributed by atoms with Gasteiger partial charge in [0.15, 0.2) is 0 Å². The fourth-order valence-electron chi connectivity index (χ4n) is 2.08. The first kappa shape index (κ1) is 14.9. The quantitative estimate of drug-likeness (QED) is 0.621. The fourth-order valence-corrected chi connectivity index (χ4v) is 2.08. The normalized spacial score (nSPS) is 18.3. The maximum atomic E-state index is 11.7. The maximum Gasteiger partial charge on any atom is 0.249 e. The molecule has 1 aromatic rings. The average Bonchev–Trinajstić information content (AvgIpc) is 2.43. The molecule has 0 saturated carbocycles. The van der Waals surface area contributed by atoms with E-state index in [2.05, 4.69) is 25.6 Å². The SMILES string of the molecule is CCN(CC)c1nc(N)nc(NC2CCC(=O)NC2=O)n1. The number of hydrogen-bond acceptors (Lipinski definition) is 8. The molecule has 1 aromatic heterocycles. The van der Waals surface area contributed by atoms with Crippen LogP contribution in [0.5, 0.6) is 0 Å². The summed E-state index contributed by atoms with van der Waals surface area (Å²) in [5, 5.41) is 5.17. The Morgan fingerprint density at radius 2 is 2.00 bits per heavy atom. The highest BCUT2D eigenvalue weighted by molar-refractivity contribution is 6.01. The minimum atomic E-state index is -0.547. The molecule has 9 nitrogen and oxygen atoms in total. The molecule has 1 aliphatic rings. The van der Waals surface area contributed by atoms with Crippen molar-refractivity contribution in [1.29, 1.82) is 0 Å². The zero-order valence-electron chi connectivity index (χ0n) is 12.1. The van der Waals surface area contributed by atoms with E-state index in [0.29, 0.717) is 12.4 Å². The molecule has 0 radical (unpaired) electrons. The van der Waals surface area contributed by atoms with Crippen LogP contribution in [0.15, 0.2) is 0 Å². The number of nitrogens with two attached hydrogens (primary N) is 1. The Hall–Kier alpha value is -2.45. The zero-order valence-corrected chi connectivity index (χ0v) is 12.1. The van der Waals surface area contributed by atoms with E-state index in [1.54, 1.807) is 0 Å². The number of carbonyl (C=O) groups is 2. The van der Waals surface area contributed by atoms with Gasteiger partial charge in [0.05, 0.1) is 0 Å². The largest absolute Gasteiger partial charge is 0.368 e. The number of rotatable bonds is 5. The summed E-state index contributed by atoms with van der Waals surface area (Å²) in [5.74, 6) is 0.134. The van der Waals surface area contributed by atoms with Gasteiger partial charge in [-0.1, -0.05) is 0 Å². The van der Waals surface area contributed by atoms with Gasteiger partial charge in [-0.3, -0.25) is 14.9 Å². The summed E-state index contributed by atoms with van der Waals surface area (Å²) < 4.78 is 0. The highest BCUT2D eigenvalue weighted by atomic mass is 16.2. The molecule has 114 valence electrons. The number of nitrogens with zero attached hydrogens (tertiary/aromatic N) is 4. The van der Waals surface area contributed by atoms with E-state index in [4.69, 9.17) is 5.73 Å². The van der Waals surface area contributed by atoms with Gasteiger partial charge >= 0.3 is 0 Å². The highest BCUT2D eigenvalue weighted by Crippen LogP contribution is 2.14. The Morgan fingerprint density at radius 1 is 1.29 bits per heavy atom. The van der Waals surface area contributed by atoms with Gasteiger partial charge < -0.3 is 16.0 Å². The number of nitrogen functional groups attached to an aromatic ring is 1. The summed E-state index contributed by atoms with van der Waals surface area (Å²) in [5.41, 5.74) is 5.68. The van der Waals surface area contributed by atoms with Gasteiger partial charge in [-0.25, -0.2) is 0 Å². The second-order valence-electron chi connectivity index (χ2n) is 4.64. The van der Waals surface area contributed by atoms with Crippen molar-refractivity contribution in [2.75, 3.05) is 29.0 Å². The molecular weight excluding hydrogens is 274 g/mol. The predicted octanol–water partition coefficient (Wildman–Crippen LogP) is -0.483. The lowest BCUT2D eigenvalue weighted by Crippen LogP contribution is -2.47. The van der Waals surface area contributed by atoms with E-state index < -0.39 is 6.04 Å². The van der Waals surface area contributed by atoms with Crippen LogP contribution in [-0.2, 0) is 9.59 Å². The predicted molar refractivity (Wildman–Crippen MR) is 77.6 cm³/mol. The van der Waals surface area contributed by atoms with Crippen LogP contribution in [0.2, 0.25) is 0 Å². The molecule has 0 aliphatic carbocycles. The van der Waals surface area contributed by atoms with E-state index in [9.17, 15) is 9.59 Å². The molecule has 1 atom stereocenters. The van der Waals surface area contributed by atoms with E-state index in [1.165, 1.54) is 0 Å². The Bertz CT molecular complexity index is 544. The van der Waals surface area contributed by atoms with E-state index in [0.717, 1.165) is 13.1 Å². The summed E-state index contributed by atoms with van der Waals surface area (Å²) in [7, 11) is 0. The third kappa shape index (κ3) is 3.56. The molecule has 21 heavy (non-hydrogen) atoms. The zero-order chi connectivity index (χ0) is 15.4. The Labute approximate surface area is 122 Å². The number of hydrogen-bond donors (Lipinski definition) is 3. The van der Waals surface area contributed by atoms with Crippen molar-refractivity contribution in [2.45, 2.75) is 32.7 Å². The standard InChI is InChI=1S/C12H19N7O2/c1-3-19(4-2)12-17-10(13)16-11(18-12)14-7-5-6-8(20)15-9(7)21/h7H,3-6H2,1-2H3,(H,15,20,21)(H3,13,14,16,17,18). The van der Waals surface area contributed by atoms with Crippen molar-refractivity contribution < 1.29 is 9.59 Å². The average molecular weight is 293 g/mol. The Kier molecular flexibility index (Phi) is 4.51. The summed E-state index contributed by atoms with van der Waals surface area (Å²) in [6, 6.07) is -0.547. The fraction of sp³-hybridized carbons (Fsp3) is 0.583. The molecular formula is C12H19N7O2. The number of amides is 2. The van der Waals surface area contributed by atoms with Gasteiger partial charge in [-0.15, -0.1) is 0 Å². The van der Waals surface area contributed by atoms with Gasteiger partial charge in [0.2, 0.25) is 29.7 Å². The number of imide groups is 1. The van der Waals surface area contributed by atoms with Crippen LogP contribution in [0.4, 0.5) is 17.8 Å².